The molecule has 0 bridgehead atoms. The third kappa shape index (κ3) is 2.38. The fraction of sp³-hybridized carbons (Fsp3) is 0.125. The Kier molecular flexibility index (Phi) is 3.22. The number of thiocarbonyl (C=S) groups is 1. The Morgan fingerprint density at radius 3 is 2.77 bits per heavy atom. The Balaban J connectivity index is 3.10. The maximum absolute atomic E-state index is 13.0. The topological polar surface area (TPSA) is 38.0 Å². The zero-order chi connectivity index (χ0) is 10.0. The molecular weight excluding hydrogens is 255 g/mol. The second-order valence-electron chi connectivity index (χ2n) is 2.52. The molecule has 0 aromatic heterocycles. The van der Waals surface area contributed by atoms with Crippen LogP contribution in [0.1, 0.15) is 5.56 Å². The van der Waals surface area contributed by atoms with Gasteiger partial charge in [0, 0.05) is 10.0 Å². The van der Waals surface area contributed by atoms with Gasteiger partial charge in [0.05, 0.1) is 5.69 Å². The van der Waals surface area contributed by atoms with E-state index in [1.54, 1.807) is 13.0 Å². The highest BCUT2D eigenvalue weighted by molar-refractivity contribution is 9.10. The van der Waals surface area contributed by atoms with Crippen molar-refractivity contribution in [1.82, 2.24) is 0 Å². The minimum atomic E-state index is -0.264. The van der Waals surface area contributed by atoms with Gasteiger partial charge in [-0.05, 0) is 47.2 Å². The summed E-state index contributed by atoms with van der Waals surface area (Å²) in [6.07, 6.45) is 0. The quantitative estimate of drug-likeness (QED) is 0.765. The van der Waals surface area contributed by atoms with Crippen molar-refractivity contribution < 1.29 is 4.39 Å². The number of hydrogen-bond donors (Lipinski definition) is 2. The number of nitrogens with two attached hydrogens (primary N) is 1. The lowest BCUT2D eigenvalue weighted by atomic mass is 10.2. The first-order valence-corrected chi connectivity index (χ1v) is 4.73. The van der Waals surface area contributed by atoms with Gasteiger partial charge in [0.2, 0.25) is 0 Å². The molecule has 0 fully saturated rings. The molecule has 13 heavy (non-hydrogen) atoms. The molecular formula is C8H8BrFN2S. The third-order valence-electron chi connectivity index (χ3n) is 1.58. The van der Waals surface area contributed by atoms with Crippen molar-refractivity contribution in [2.45, 2.75) is 6.92 Å². The Labute approximate surface area is 89.4 Å². The highest BCUT2D eigenvalue weighted by Crippen LogP contribution is 2.27. The van der Waals surface area contributed by atoms with Crippen LogP contribution >= 0.6 is 28.1 Å². The Morgan fingerprint density at radius 1 is 1.62 bits per heavy atom. The van der Waals surface area contributed by atoms with Gasteiger partial charge in [-0.3, -0.25) is 0 Å². The lowest BCUT2D eigenvalue weighted by Gasteiger charge is -2.08. The van der Waals surface area contributed by atoms with Crippen LogP contribution in [0, 0.1) is 12.7 Å². The predicted octanol–water partition coefficient (Wildman–Crippen LogP) is 2.55. The summed E-state index contributed by atoms with van der Waals surface area (Å²) in [5.74, 6) is -0.264. The van der Waals surface area contributed by atoms with E-state index in [1.807, 2.05) is 0 Å². The molecule has 0 unspecified atom stereocenters. The van der Waals surface area contributed by atoms with Crippen LogP contribution in [0.15, 0.2) is 16.6 Å². The van der Waals surface area contributed by atoms with Crippen molar-refractivity contribution in [2.24, 2.45) is 5.73 Å². The van der Waals surface area contributed by atoms with Crippen LogP contribution in [-0.2, 0) is 0 Å². The molecule has 1 aromatic carbocycles. The van der Waals surface area contributed by atoms with E-state index in [0.29, 0.717) is 15.7 Å². The van der Waals surface area contributed by atoms with Crippen LogP contribution in [0.5, 0.6) is 0 Å². The molecule has 0 saturated heterocycles. The second kappa shape index (κ2) is 4.02. The normalized spacial score (nSPS) is 9.77. The Bertz CT molecular complexity index is 354. The Hall–Kier alpha value is -0.680. The minimum Gasteiger partial charge on any atom is -0.376 e. The SMILES string of the molecule is Cc1c(F)ccc(NC(N)=S)c1Br. The Morgan fingerprint density at radius 2 is 2.23 bits per heavy atom. The van der Waals surface area contributed by atoms with Gasteiger partial charge in [0.25, 0.3) is 0 Å². The summed E-state index contributed by atoms with van der Waals surface area (Å²) in [6.45, 7) is 1.67. The third-order valence-corrected chi connectivity index (χ3v) is 2.70. The van der Waals surface area contributed by atoms with Gasteiger partial charge in [-0.1, -0.05) is 0 Å². The van der Waals surface area contributed by atoms with Gasteiger partial charge in [0.15, 0.2) is 5.11 Å². The number of halogens is 2. The molecule has 0 aliphatic carbocycles. The number of nitrogens with one attached hydrogen (secondary N) is 1. The van der Waals surface area contributed by atoms with Gasteiger partial charge in [0.1, 0.15) is 5.82 Å². The number of hydrogen-bond acceptors (Lipinski definition) is 1. The fourth-order valence-corrected chi connectivity index (χ4v) is 1.42. The second-order valence-corrected chi connectivity index (χ2v) is 3.76. The summed E-state index contributed by atoms with van der Waals surface area (Å²) in [4.78, 5) is 0. The zero-order valence-corrected chi connectivity index (χ0v) is 9.30. The molecule has 0 atom stereocenters. The largest absolute Gasteiger partial charge is 0.376 e. The standard InChI is InChI=1S/C8H8BrFN2S/c1-4-5(10)2-3-6(7(4)9)12-8(11)13/h2-3H,1H3,(H3,11,12,13). The van der Waals surface area contributed by atoms with Gasteiger partial charge in [-0.15, -0.1) is 0 Å². The van der Waals surface area contributed by atoms with Gasteiger partial charge < -0.3 is 11.1 Å². The van der Waals surface area contributed by atoms with Gasteiger partial charge >= 0.3 is 0 Å². The van der Waals surface area contributed by atoms with Crippen molar-refractivity contribution in [3.05, 3.63) is 28.0 Å². The molecule has 0 amide bonds. The molecule has 70 valence electrons. The van der Waals surface area contributed by atoms with Crippen LogP contribution in [-0.4, -0.2) is 5.11 Å². The molecule has 0 heterocycles. The van der Waals surface area contributed by atoms with E-state index in [9.17, 15) is 4.39 Å². The summed E-state index contributed by atoms with van der Waals surface area (Å²) in [5.41, 5.74) is 6.49. The van der Waals surface area contributed by atoms with Crippen molar-refractivity contribution in [1.29, 1.82) is 0 Å². The first-order valence-electron chi connectivity index (χ1n) is 3.53. The summed E-state index contributed by atoms with van der Waals surface area (Å²) < 4.78 is 13.6. The molecule has 0 saturated carbocycles. The summed E-state index contributed by atoms with van der Waals surface area (Å²) in [5, 5.41) is 2.90. The van der Waals surface area contributed by atoms with Crippen molar-refractivity contribution in [3.8, 4) is 0 Å². The maximum Gasteiger partial charge on any atom is 0.168 e. The fourth-order valence-electron chi connectivity index (χ4n) is 0.891. The molecule has 2 nitrogen and oxygen atoms in total. The van der Waals surface area contributed by atoms with E-state index in [1.165, 1.54) is 6.07 Å². The molecule has 1 rings (SSSR count). The lowest BCUT2D eigenvalue weighted by Crippen LogP contribution is -2.19. The smallest absolute Gasteiger partial charge is 0.168 e. The molecule has 0 radical (unpaired) electrons. The monoisotopic (exact) mass is 262 g/mol. The molecule has 0 aliphatic rings. The highest BCUT2D eigenvalue weighted by atomic mass is 79.9. The summed E-state index contributed by atoms with van der Waals surface area (Å²) in [6, 6.07) is 2.94. The number of rotatable bonds is 1. The number of anilines is 1. The van der Waals surface area contributed by atoms with E-state index in [4.69, 9.17) is 5.73 Å². The van der Waals surface area contributed by atoms with Crippen LogP contribution in [0.2, 0.25) is 0 Å². The average molecular weight is 263 g/mol. The van der Waals surface area contributed by atoms with Gasteiger partial charge in [-0.2, -0.15) is 0 Å². The van der Waals surface area contributed by atoms with Crippen LogP contribution < -0.4 is 11.1 Å². The van der Waals surface area contributed by atoms with Gasteiger partial charge in [-0.25, -0.2) is 4.39 Å². The highest BCUT2D eigenvalue weighted by Gasteiger charge is 2.06. The number of benzene rings is 1. The minimum absolute atomic E-state index is 0.159. The van der Waals surface area contributed by atoms with E-state index < -0.39 is 0 Å². The van der Waals surface area contributed by atoms with Crippen molar-refractivity contribution in [2.75, 3.05) is 5.32 Å². The first kappa shape index (κ1) is 10.4. The van der Waals surface area contributed by atoms with Crippen LogP contribution in [0.3, 0.4) is 0 Å². The maximum atomic E-state index is 13.0. The summed E-state index contributed by atoms with van der Waals surface area (Å²) >= 11 is 7.91. The molecule has 1 aromatic rings. The van der Waals surface area contributed by atoms with Crippen LogP contribution in [0.4, 0.5) is 10.1 Å². The van der Waals surface area contributed by atoms with E-state index in [-0.39, 0.29) is 10.9 Å². The van der Waals surface area contributed by atoms with E-state index in [0.717, 1.165) is 0 Å². The molecule has 5 heteroatoms. The summed E-state index contributed by atoms with van der Waals surface area (Å²) in [7, 11) is 0. The van der Waals surface area contributed by atoms with E-state index in [2.05, 4.69) is 33.5 Å². The average Bonchev–Trinajstić information content (AvgIpc) is 2.06. The first-order chi connectivity index (χ1) is 6.02. The molecule has 0 aliphatic heterocycles. The molecule has 3 N–H and O–H groups in total. The van der Waals surface area contributed by atoms with Crippen molar-refractivity contribution in [3.63, 3.8) is 0 Å². The zero-order valence-electron chi connectivity index (χ0n) is 6.90. The molecule has 0 spiro atoms. The lowest BCUT2D eigenvalue weighted by molar-refractivity contribution is 0.617. The van der Waals surface area contributed by atoms with Crippen LogP contribution in [0.25, 0.3) is 0 Å². The van der Waals surface area contributed by atoms with Crippen molar-refractivity contribution >= 4 is 38.9 Å². The van der Waals surface area contributed by atoms with E-state index >= 15 is 0 Å². The predicted molar refractivity (Wildman–Crippen MR) is 59.2 cm³/mol.